The van der Waals surface area contributed by atoms with E-state index in [9.17, 15) is 4.79 Å². The Balaban J connectivity index is 2.78. The number of benzene rings is 1. The second kappa shape index (κ2) is 6.61. The van der Waals surface area contributed by atoms with Crippen LogP contribution in [-0.4, -0.2) is 17.6 Å². The largest absolute Gasteiger partial charge is 0.465 e. The molecular weight excluding hydrogens is 286 g/mol. The first-order valence-electron chi connectivity index (χ1n) is 8.13. The van der Waals surface area contributed by atoms with Gasteiger partial charge in [-0.15, -0.1) is 0 Å². The van der Waals surface area contributed by atoms with Gasteiger partial charge in [-0.05, 0) is 17.5 Å². The van der Waals surface area contributed by atoms with Gasteiger partial charge in [-0.3, -0.25) is 0 Å². The highest BCUT2D eigenvalue weighted by Gasteiger charge is 2.28. The zero-order chi connectivity index (χ0) is 17.2. The zero-order valence-corrected chi connectivity index (χ0v) is 15.0. The Labute approximate surface area is 139 Å². The molecule has 23 heavy (non-hydrogen) atoms. The summed E-state index contributed by atoms with van der Waals surface area (Å²) in [5.41, 5.74) is 3.75. The fourth-order valence-electron chi connectivity index (χ4n) is 2.90. The van der Waals surface area contributed by atoms with Crippen LogP contribution in [0.25, 0.3) is 11.3 Å². The summed E-state index contributed by atoms with van der Waals surface area (Å²) in [5, 5.41) is 0. The number of aromatic nitrogens is 1. The first-order valence-corrected chi connectivity index (χ1v) is 8.13. The minimum absolute atomic E-state index is 0.0509. The molecule has 1 aromatic heterocycles. The van der Waals surface area contributed by atoms with Crippen molar-refractivity contribution in [3.05, 3.63) is 47.7 Å². The third kappa shape index (κ3) is 3.66. The van der Waals surface area contributed by atoms with E-state index in [2.05, 4.69) is 39.2 Å². The summed E-state index contributed by atoms with van der Waals surface area (Å²) in [7, 11) is 1.44. The van der Waals surface area contributed by atoms with Gasteiger partial charge in [0.15, 0.2) is 0 Å². The molecule has 2 rings (SSSR count). The average molecular weight is 313 g/mol. The van der Waals surface area contributed by atoms with Gasteiger partial charge < -0.3 is 9.30 Å². The maximum Gasteiger partial charge on any atom is 0.340 e. The number of hydrogen-bond acceptors (Lipinski definition) is 2. The van der Waals surface area contributed by atoms with Gasteiger partial charge in [0.25, 0.3) is 0 Å². The minimum atomic E-state index is -0.281. The molecule has 0 fully saturated rings. The Morgan fingerprint density at radius 1 is 1.17 bits per heavy atom. The number of nitrogens with zero attached hydrogens (tertiary/aromatic N) is 1. The molecular formula is C20H27NO2. The Kier molecular flexibility index (Phi) is 4.98. The molecule has 3 heteroatoms. The topological polar surface area (TPSA) is 31.2 Å². The van der Waals surface area contributed by atoms with Crippen molar-refractivity contribution >= 4 is 5.97 Å². The molecule has 0 saturated heterocycles. The maximum atomic E-state index is 12.4. The molecule has 0 saturated carbocycles. The van der Waals surface area contributed by atoms with Crippen LogP contribution >= 0.6 is 0 Å². The first-order chi connectivity index (χ1) is 10.8. The van der Waals surface area contributed by atoms with Gasteiger partial charge in [0.2, 0.25) is 0 Å². The molecule has 0 atom stereocenters. The molecule has 0 aliphatic heterocycles. The van der Waals surface area contributed by atoms with E-state index in [4.69, 9.17) is 4.74 Å². The van der Waals surface area contributed by atoms with Gasteiger partial charge in [-0.2, -0.15) is 0 Å². The Morgan fingerprint density at radius 2 is 1.78 bits per heavy atom. The number of rotatable bonds is 4. The fourth-order valence-corrected chi connectivity index (χ4v) is 2.90. The van der Waals surface area contributed by atoms with E-state index in [0.717, 1.165) is 23.5 Å². The highest BCUT2D eigenvalue weighted by Crippen LogP contribution is 2.34. The van der Waals surface area contributed by atoms with Crippen LogP contribution in [0.4, 0.5) is 0 Å². The van der Waals surface area contributed by atoms with Gasteiger partial charge in [-0.1, -0.05) is 65.0 Å². The third-order valence-corrected chi connectivity index (χ3v) is 3.87. The maximum absolute atomic E-state index is 12.4. The second-order valence-electron chi connectivity index (χ2n) is 7.40. The average Bonchev–Trinajstić information content (AvgIpc) is 2.86. The molecule has 0 N–H and O–H groups in total. The summed E-state index contributed by atoms with van der Waals surface area (Å²) in [6.45, 7) is 11.8. The molecule has 124 valence electrons. The van der Waals surface area contributed by atoms with Crippen molar-refractivity contribution in [2.45, 2.75) is 46.6 Å². The molecule has 0 unspecified atom stereocenters. The van der Waals surface area contributed by atoms with Gasteiger partial charge >= 0.3 is 5.97 Å². The Hall–Kier alpha value is -2.03. The van der Waals surface area contributed by atoms with E-state index in [1.165, 1.54) is 7.11 Å². The van der Waals surface area contributed by atoms with Crippen molar-refractivity contribution in [1.29, 1.82) is 0 Å². The predicted octanol–water partition coefficient (Wildman–Crippen LogP) is 4.90. The van der Waals surface area contributed by atoms with E-state index in [1.54, 1.807) is 0 Å². The van der Waals surface area contributed by atoms with Crippen molar-refractivity contribution in [3.8, 4) is 11.3 Å². The van der Waals surface area contributed by atoms with E-state index < -0.39 is 0 Å². The molecule has 0 amide bonds. The molecule has 1 aromatic carbocycles. The number of carbonyl (C=O) groups excluding carboxylic acids is 1. The molecule has 2 aromatic rings. The number of methoxy groups -OCH3 is 1. The Morgan fingerprint density at radius 3 is 2.26 bits per heavy atom. The van der Waals surface area contributed by atoms with E-state index >= 15 is 0 Å². The fraction of sp³-hybridized carbons (Fsp3) is 0.450. The highest BCUT2D eigenvalue weighted by molar-refractivity contribution is 5.97. The van der Waals surface area contributed by atoms with Gasteiger partial charge in [0.05, 0.1) is 18.4 Å². The van der Waals surface area contributed by atoms with Crippen LogP contribution < -0.4 is 0 Å². The lowest BCUT2D eigenvalue weighted by molar-refractivity contribution is 0.0601. The number of carbonyl (C=O) groups is 1. The normalized spacial score (nSPS) is 11.8. The monoisotopic (exact) mass is 313 g/mol. The molecule has 0 spiro atoms. The van der Waals surface area contributed by atoms with Crippen molar-refractivity contribution < 1.29 is 9.53 Å². The van der Waals surface area contributed by atoms with Crippen LogP contribution in [0.5, 0.6) is 0 Å². The summed E-state index contributed by atoms with van der Waals surface area (Å²) < 4.78 is 7.32. The summed E-state index contributed by atoms with van der Waals surface area (Å²) >= 11 is 0. The summed E-state index contributed by atoms with van der Waals surface area (Å²) in [6.07, 6.45) is 0. The third-order valence-electron chi connectivity index (χ3n) is 3.87. The minimum Gasteiger partial charge on any atom is -0.465 e. The summed E-state index contributed by atoms with van der Waals surface area (Å²) in [4.78, 5) is 12.4. The summed E-state index contributed by atoms with van der Waals surface area (Å²) in [6, 6.07) is 12.1. The lowest BCUT2D eigenvalue weighted by Gasteiger charge is -2.24. The van der Waals surface area contributed by atoms with Crippen molar-refractivity contribution in [1.82, 2.24) is 4.57 Å². The van der Waals surface area contributed by atoms with Gasteiger partial charge in [0.1, 0.15) is 0 Å². The van der Waals surface area contributed by atoms with E-state index in [-0.39, 0.29) is 11.4 Å². The number of esters is 1. The smallest absolute Gasteiger partial charge is 0.340 e. The molecule has 1 heterocycles. The lowest BCUT2D eigenvalue weighted by atomic mass is 9.91. The molecule has 0 aliphatic carbocycles. The Bertz CT molecular complexity index is 676. The van der Waals surface area contributed by atoms with Crippen LogP contribution in [0.3, 0.4) is 0 Å². The van der Waals surface area contributed by atoms with Crippen molar-refractivity contribution in [2.24, 2.45) is 5.92 Å². The van der Waals surface area contributed by atoms with Crippen LogP contribution in [0.15, 0.2) is 36.4 Å². The van der Waals surface area contributed by atoms with Crippen LogP contribution in [0.2, 0.25) is 0 Å². The SMILES string of the molecule is COC(=O)c1cc(C(C)(C)C)n(CC(C)C)c1-c1ccccc1. The van der Waals surface area contributed by atoms with Gasteiger partial charge in [0, 0.05) is 17.7 Å². The quantitative estimate of drug-likeness (QED) is 0.752. The van der Waals surface area contributed by atoms with Crippen molar-refractivity contribution in [2.75, 3.05) is 7.11 Å². The van der Waals surface area contributed by atoms with Crippen LogP contribution in [0.1, 0.15) is 50.7 Å². The lowest BCUT2D eigenvalue weighted by Crippen LogP contribution is -2.20. The standard InChI is InChI=1S/C20H27NO2/c1-14(2)13-21-17(20(3,4)5)12-16(19(22)23-6)18(21)15-10-8-7-9-11-15/h7-12,14H,13H2,1-6H3. The zero-order valence-electron chi connectivity index (χ0n) is 15.0. The molecule has 0 aliphatic rings. The van der Waals surface area contributed by atoms with Crippen LogP contribution in [-0.2, 0) is 16.7 Å². The molecule has 0 radical (unpaired) electrons. The van der Waals surface area contributed by atoms with Crippen molar-refractivity contribution in [3.63, 3.8) is 0 Å². The van der Waals surface area contributed by atoms with Gasteiger partial charge in [-0.25, -0.2) is 4.79 Å². The number of ether oxygens (including phenoxy) is 1. The van der Waals surface area contributed by atoms with E-state index in [1.807, 2.05) is 36.4 Å². The second-order valence-corrected chi connectivity index (χ2v) is 7.40. The molecule has 0 bridgehead atoms. The predicted molar refractivity (Wildman–Crippen MR) is 94.7 cm³/mol. The highest BCUT2D eigenvalue weighted by atomic mass is 16.5. The van der Waals surface area contributed by atoms with Crippen LogP contribution in [0, 0.1) is 5.92 Å². The first kappa shape index (κ1) is 17.3. The number of hydrogen-bond donors (Lipinski definition) is 0. The summed E-state index contributed by atoms with van der Waals surface area (Å²) in [5.74, 6) is 0.202. The molecule has 3 nitrogen and oxygen atoms in total. The van der Waals surface area contributed by atoms with E-state index in [0.29, 0.717) is 11.5 Å².